The van der Waals surface area contributed by atoms with Crippen LogP contribution in [0.25, 0.3) is 10.9 Å². The zero-order valence-electron chi connectivity index (χ0n) is 22.4. The molecule has 2 aliphatic heterocycles. The Balaban J connectivity index is 1.18. The predicted molar refractivity (Wildman–Crippen MR) is 155 cm³/mol. The van der Waals surface area contributed by atoms with Crippen molar-refractivity contribution in [3.63, 3.8) is 0 Å². The molecule has 6 rings (SSSR count). The van der Waals surface area contributed by atoms with Gasteiger partial charge in [-0.15, -0.1) is 0 Å². The van der Waals surface area contributed by atoms with Gasteiger partial charge in [0.1, 0.15) is 5.82 Å². The number of hydrogen-bond donors (Lipinski definition) is 1. The molecule has 0 saturated carbocycles. The zero-order valence-corrected chi connectivity index (χ0v) is 23.2. The van der Waals surface area contributed by atoms with Gasteiger partial charge in [-0.2, -0.15) is 11.3 Å². The number of aliphatic carboxylic acids is 1. The van der Waals surface area contributed by atoms with Gasteiger partial charge in [0.2, 0.25) is 0 Å². The van der Waals surface area contributed by atoms with Crippen LogP contribution >= 0.6 is 11.3 Å². The van der Waals surface area contributed by atoms with E-state index in [1.807, 2.05) is 52.1 Å². The van der Waals surface area contributed by atoms with E-state index >= 15 is 0 Å². The van der Waals surface area contributed by atoms with Gasteiger partial charge in [-0.25, -0.2) is 4.39 Å². The maximum atomic E-state index is 14.0. The van der Waals surface area contributed by atoms with E-state index in [1.165, 1.54) is 11.1 Å². The molecule has 4 heterocycles. The Hall–Kier alpha value is -3.49. The van der Waals surface area contributed by atoms with E-state index in [1.54, 1.807) is 23.5 Å². The summed E-state index contributed by atoms with van der Waals surface area (Å²) in [5, 5.41) is 14.5. The monoisotopic (exact) mass is 559 g/mol. The molecule has 2 atom stereocenters. The predicted octanol–water partition coefficient (Wildman–Crippen LogP) is 6.05. The number of carbonyl (C=O) groups excluding carboxylic acids is 1. The maximum absolute atomic E-state index is 14.0. The number of carboxylic acid groups (broad SMARTS) is 1. The highest BCUT2D eigenvalue weighted by molar-refractivity contribution is 7.08. The first-order valence-electron chi connectivity index (χ1n) is 14.0. The number of amides is 1. The zero-order chi connectivity index (χ0) is 27.6. The molecule has 0 spiro atoms. The summed E-state index contributed by atoms with van der Waals surface area (Å²) in [4.78, 5) is 29.7. The fourth-order valence-electron chi connectivity index (χ4n) is 6.61. The number of halogens is 1. The molecule has 2 aromatic heterocycles. The molecule has 208 valence electrons. The van der Waals surface area contributed by atoms with Crippen LogP contribution in [0.1, 0.15) is 52.6 Å². The Labute approximate surface area is 237 Å². The van der Waals surface area contributed by atoms with Gasteiger partial charge in [0, 0.05) is 43.7 Å². The lowest BCUT2D eigenvalue weighted by Crippen LogP contribution is -2.38. The lowest BCUT2D eigenvalue weighted by molar-refractivity contribution is -0.137. The molecule has 4 aromatic rings. The topological polar surface area (TPSA) is 65.8 Å². The summed E-state index contributed by atoms with van der Waals surface area (Å²) in [5.74, 6) is 0.0450. The fourth-order valence-corrected chi connectivity index (χ4v) is 7.33. The van der Waals surface area contributed by atoms with Crippen molar-refractivity contribution in [3.05, 3.63) is 94.1 Å². The number of aromatic nitrogens is 1. The van der Waals surface area contributed by atoms with Gasteiger partial charge in [0.05, 0.1) is 17.5 Å². The fraction of sp³-hybridized carbons (Fsp3) is 0.375. The third kappa shape index (κ3) is 5.56. The van der Waals surface area contributed by atoms with E-state index in [0.717, 1.165) is 43.4 Å². The summed E-state index contributed by atoms with van der Waals surface area (Å²) in [6.07, 6.45) is 4.00. The number of likely N-dealkylation sites (tertiary alicyclic amines) is 2. The molecule has 2 fully saturated rings. The Bertz CT molecular complexity index is 1480. The average molecular weight is 560 g/mol. The molecule has 0 bridgehead atoms. The van der Waals surface area contributed by atoms with Crippen molar-refractivity contribution in [3.8, 4) is 0 Å². The van der Waals surface area contributed by atoms with E-state index < -0.39 is 5.97 Å². The van der Waals surface area contributed by atoms with Crippen molar-refractivity contribution in [2.75, 3.05) is 32.7 Å². The van der Waals surface area contributed by atoms with Crippen LogP contribution in [0.3, 0.4) is 0 Å². The Morgan fingerprint density at radius 2 is 1.77 bits per heavy atom. The van der Waals surface area contributed by atoms with E-state index in [0.29, 0.717) is 37.0 Å². The third-order valence-electron chi connectivity index (χ3n) is 8.71. The summed E-state index contributed by atoms with van der Waals surface area (Å²) in [6, 6.07) is 16.8. The van der Waals surface area contributed by atoms with E-state index in [4.69, 9.17) is 0 Å². The van der Waals surface area contributed by atoms with Crippen molar-refractivity contribution in [2.24, 2.45) is 5.92 Å². The molecule has 1 amide bonds. The van der Waals surface area contributed by atoms with Crippen LogP contribution < -0.4 is 0 Å². The number of thiophene rings is 1. The second-order valence-electron chi connectivity index (χ2n) is 11.2. The number of carboxylic acids is 1. The molecule has 8 heteroatoms. The van der Waals surface area contributed by atoms with Crippen LogP contribution in [0.4, 0.5) is 4.39 Å². The number of fused-ring (bicyclic) bond motifs is 1. The quantitative estimate of drug-likeness (QED) is 0.285. The maximum Gasteiger partial charge on any atom is 0.305 e. The number of carbonyl (C=O) groups is 2. The number of para-hydroxylation sites is 1. The first kappa shape index (κ1) is 26.7. The van der Waals surface area contributed by atoms with Gasteiger partial charge in [0.15, 0.2) is 0 Å². The molecular weight excluding hydrogens is 525 g/mol. The first-order chi connectivity index (χ1) is 19.5. The SMILES string of the molecule is O=C(O)CCn1ccc2cccc(C(=O)N3CC(CN4CCC(c5ccc(F)cc5)CC4)C(c4ccsc4)C3)c21. The number of hydrogen-bond acceptors (Lipinski definition) is 4. The van der Waals surface area contributed by atoms with E-state index in [-0.39, 0.29) is 24.1 Å². The minimum atomic E-state index is -0.853. The first-order valence-corrected chi connectivity index (χ1v) is 15.0. The minimum absolute atomic E-state index is 0.0101. The largest absolute Gasteiger partial charge is 0.481 e. The van der Waals surface area contributed by atoms with E-state index in [9.17, 15) is 19.1 Å². The van der Waals surface area contributed by atoms with Crippen molar-refractivity contribution in [1.29, 1.82) is 0 Å². The lowest BCUT2D eigenvalue weighted by atomic mass is 9.87. The molecule has 6 nitrogen and oxygen atoms in total. The van der Waals surface area contributed by atoms with Crippen LogP contribution in [0.5, 0.6) is 0 Å². The number of nitrogens with zero attached hydrogens (tertiary/aromatic N) is 3. The average Bonchev–Trinajstić information content (AvgIpc) is 3.72. The molecule has 2 saturated heterocycles. The third-order valence-corrected chi connectivity index (χ3v) is 9.41. The van der Waals surface area contributed by atoms with Crippen molar-refractivity contribution in [2.45, 2.75) is 37.6 Å². The van der Waals surface area contributed by atoms with Crippen LogP contribution in [0, 0.1) is 11.7 Å². The Kier molecular flexibility index (Phi) is 7.71. The Morgan fingerprint density at radius 1 is 0.975 bits per heavy atom. The van der Waals surface area contributed by atoms with Crippen LogP contribution in [0.2, 0.25) is 0 Å². The molecular formula is C32H34FN3O3S. The molecule has 40 heavy (non-hydrogen) atoms. The second kappa shape index (κ2) is 11.6. The minimum Gasteiger partial charge on any atom is -0.481 e. The van der Waals surface area contributed by atoms with Crippen molar-refractivity contribution >= 4 is 34.1 Å². The summed E-state index contributed by atoms with van der Waals surface area (Å²) in [5.41, 5.74) is 3.97. The molecule has 0 aliphatic carbocycles. The van der Waals surface area contributed by atoms with Crippen LogP contribution in [0.15, 0.2) is 71.6 Å². The highest BCUT2D eigenvalue weighted by atomic mass is 32.1. The van der Waals surface area contributed by atoms with Gasteiger partial charge >= 0.3 is 5.97 Å². The smallest absolute Gasteiger partial charge is 0.305 e. The standard InChI is InChI=1S/C32H34FN3O3S/c33-27-6-4-22(5-7-27)23-8-13-34(14-9-23)18-26-19-36(20-29(26)25-12-17-40-21-25)32(39)28-3-1-2-24-10-15-35(31(24)28)16-11-30(37)38/h1-7,10,12,15,17,21,23,26,29H,8-9,11,13-14,16,18-20H2,(H,37,38). The number of aryl methyl sites for hydroxylation is 1. The number of benzene rings is 2. The Morgan fingerprint density at radius 3 is 2.50 bits per heavy atom. The number of piperidine rings is 1. The highest BCUT2D eigenvalue weighted by Crippen LogP contribution is 2.37. The molecule has 2 unspecified atom stereocenters. The van der Waals surface area contributed by atoms with Crippen molar-refractivity contribution in [1.82, 2.24) is 14.4 Å². The summed E-state index contributed by atoms with van der Waals surface area (Å²) < 4.78 is 15.3. The van der Waals surface area contributed by atoms with E-state index in [2.05, 4.69) is 21.7 Å². The van der Waals surface area contributed by atoms with Crippen LogP contribution in [-0.4, -0.2) is 64.1 Å². The van der Waals surface area contributed by atoms with Gasteiger partial charge in [0.25, 0.3) is 5.91 Å². The summed E-state index contributed by atoms with van der Waals surface area (Å²) in [6.45, 7) is 4.65. The summed E-state index contributed by atoms with van der Waals surface area (Å²) >= 11 is 1.70. The normalized spacial score (nSPS) is 20.4. The van der Waals surface area contributed by atoms with Gasteiger partial charge in [-0.3, -0.25) is 9.59 Å². The molecule has 2 aromatic carbocycles. The highest BCUT2D eigenvalue weighted by Gasteiger charge is 2.38. The van der Waals surface area contributed by atoms with Gasteiger partial charge in [-0.05, 0) is 90.0 Å². The van der Waals surface area contributed by atoms with Crippen LogP contribution in [-0.2, 0) is 11.3 Å². The molecule has 2 aliphatic rings. The molecule has 1 N–H and O–H groups in total. The van der Waals surface area contributed by atoms with Crippen molar-refractivity contribution < 1.29 is 19.1 Å². The number of rotatable bonds is 8. The van der Waals surface area contributed by atoms with Gasteiger partial charge in [-0.1, -0.05) is 24.3 Å². The van der Waals surface area contributed by atoms with Gasteiger partial charge < -0.3 is 19.5 Å². The molecule has 0 radical (unpaired) electrons. The summed E-state index contributed by atoms with van der Waals surface area (Å²) in [7, 11) is 0. The second-order valence-corrected chi connectivity index (χ2v) is 11.9. The lowest BCUT2D eigenvalue weighted by Gasteiger charge is -2.34.